The van der Waals surface area contributed by atoms with Crippen LogP contribution in [0.25, 0.3) is 11.0 Å². The average molecular weight is 312 g/mol. The third kappa shape index (κ3) is 3.62. The molecule has 0 saturated carbocycles. The molecule has 21 heavy (non-hydrogen) atoms. The van der Waals surface area contributed by atoms with Crippen LogP contribution in [-0.2, 0) is 0 Å². The van der Waals surface area contributed by atoms with Crippen molar-refractivity contribution in [2.75, 3.05) is 25.0 Å². The molecular formula is C13H18ClN5O2. The van der Waals surface area contributed by atoms with E-state index in [4.69, 9.17) is 0 Å². The van der Waals surface area contributed by atoms with E-state index in [1.165, 1.54) is 25.0 Å². The first-order chi connectivity index (χ1) is 9.72. The van der Waals surface area contributed by atoms with Crippen LogP contribution in [0, 0.1) is 16.0 Å². The van der Waals surface area contributed by atoms with Crippen molar-refractivity contribution in [3.63, 3.8) is 0 Å². The lowest BCUT2D eigenvalue weighted by atomic mass is 10.00. The number of aromatic nitrogens is 2. The number of nitrogens with zero attached hydrogens (tertiary/aromatic N) is 2. The number of rotatable bonds is 4. The van der Waals surface area contributed by atoms with E-state index >= 15 is 0 Å². The maximum Gasteiger partial charge on any atom is 0.271 e. The van der Waals surface area contributed by atoms with Gasteiger partial charge in [-0.15, -0.1) is 12.4 Å². The quantitative estimate of drug-likeness (QED) is 0.595. The van der Waals surface area contributed by atoms with Crippen LogP contribution in [0.4, 0.5) is 11.6 Å². The highest BCUT2D eigenvalue weighted by Gasteiger charge is 2.14. The van der Waals surface area contributed by atoms with Crippen molar-refractivity contribution in [1.82, 2.24) is 15.3 Å². The van der Waals surface area contributed by atoms with Crippen LogP contribution >= 0.6 is 12.4 Å². The van der Waals surface area contributed by atoms with Crippen LogP contribution in [0.2, 0.25) is 0 Å². The van der Waals surface area contributed by atoms with Crippen molar-refractivity contribution in [2.45, 2.75) is 12.8 Å². The smallest absolute Gasteiger partial charge is 0.271 e. The maximum atomic E-state index is 10.7. The van der Waals surface area contributed by atoms with E-state index in [-0.39, 0.29) is 18.1 Å². The molecule has 1 fully saturated rings. The fraction of sp³-hybridized carbons (Fsp3) is 0.462. The molecule has 0 radical (unpaired) electrons. The van der Waals surface area contributed by atoms with Gasteiger partial charge < -0.3 is 15.6 Å². The molecule has 0 amide bonds. The van der Waals surface area contributed by atoms with Gasteiger partial charge in [0.25, 0.3) is 5.69 Å². The third-order valence-electron chi connectivity index (χ3n) is 3.63. The third-order valence-corrected chi connectivity index (χ3v) is 3.63. The van der Waals surface area contributed by atoms with Gasteiger partial charge in [-0.3, -0.25) is 10.1 Å². The van der Waals surface area contributed by atoms with Crippen LogP contribution in [-0.4, -0.2) is 34.5 Å². The summed E-state index contributed by atoms with van der Waals surface area (Å²) in [5.41, 5.74) is 1.49. The summed E-state index contributed by atoms with van der Waals surface area (Å²) in [5, 5.41) is 17.4. The largest absolute Gasteiger partial charge is 0.355 e. The van der Waals surface area contributed by atoms with Gasteiger partial charge in [-0.05, 0) is 37.9 Å². The number of piperidine rings is 1. The van der Waals surface area contributed by atoms with E-state index in [1.807, 2.05) is 0 Å². The number of fused-ring (bicyclic) bond motifs is 1. The minimum Gasteiger partial charge on any atom is -0.355 e. The number of non-ortho nitro benzene ring substituents is 1. The molecule has 1 saturated heterocycles. The first kappa shape index (κ1) is 15.5. The Morgan fingerprint density at radius 2 is 2.33 bits per heavy atom. The molecule has 7 nitrogen and oxygen atoms in total. The molecule has 1 aliphatic heterocycles. The summed E-state index contributed by atoms with van der Waals surface area (Å²) in [6.45, 7) is 2.98. The van der Waals surface area contributed by atoms with Crippen LogP contribution in [0.15, 0.2) is 18.2 Å². The zero-order valence-electron chi connectivity index (χ0n) is 11.5. The minimum absolute atomic E-state index is 0. The number of nitrogens with one attached hydrogen (secondary N) is 3. The molecule has 2 heterocycles. The van der Waals surface area contributed by atoms with Gasteiger partial charge in [0.1, 0.15) is 0 Å². The summed E-state index contributed by atoms with van der Waals surface area (Å²) >= 11 is 0. The van der Waals surface area contributed by atoms with E-state index in [9.17, 15) is 10.1 Å². The molecule has 1 atom stereocenters. The zero-order valence-corrected chi connectivity index (χ0v) is 12.3. The number of H-pyrrole nitrogens is 1. The number of hydrogen-bond acceptors (Lipinski definition) is 5. The average Bonchev–Trinajstić information content (AvgIpc) is 2.88. The Morgan fingerprint density at radius 3 is 3.05 bits per heavy atom. The molecule has 0 aliphatic carbocycles. The number of benzene rings is 1. The Bertz CT molecular complexity index is 624. The monoisotopic (exact) mass is 311 g/mol. The topological polar surface area (TPSA) is 95.9 Å². The standard InChI is InChI=1S/C13H17N5O2.ClH/c19-18(20)10-3-4-11-12(6-10)17-13(16-11)15-8-9-2-1-5-14-7-9;/h3-4,6,9,14H,1-2,5,7-8H2,(H2,15,16,17);1H. The molecule has 0 spiro atoms. The Morgan fingerprint density at radius 1 is 1.48 bits per heavy atom. The molecule has 3 N–H and O–H groups in total. The van der Waals surface area contributed by atoms with E-state index in [1.54, 1.807) is 6.07 Å². The first-order valence-corrected chi connectivity index (χ1v) is 6.81. The van der Waals surface area contributed by atoms with Crippen LogP contribution < -0.4 is 10.6 Å². The summed E-state index contributed by atoms with van der Waals surface area (Å²) < 4.78 is 0. The molecule has 1 aromatic carbocycles. The summed E-state index contributed by atoms with van der Waals surface area (Å²) in [6, 6.07) is 4.64. The Kier molecular flexibility index (Phi) is 4.98. The molecule has 114 valence electrons. The normalized spacial score (nSPS) is 18.2. The minimum atomic E-state index is -0.402. The van der Waals surface area contributed by atoms with Gasteiger partial charge in [0.05, 0.1) is 16.0 Å². The lowest BCUT2D eigenvalue weighted by molar-refractivity contribution is -0.384. The predicted octanol–water partition coefficient (Wildman–Crippen LogP) is 2.30. The second-order valence-electron chi connectivity index (χ2n) is 5.14. The molecule has 0 bridgehead atoms. The molecule has 1 aromatic heterocycles. The number of halogens is 1. The summed E-state index contributed by atoms with van der Waals surface area (Å²) in [7, 11) is 0. The zero-order chi connectivity index (χ0) is 13.9. The number of nitro benzene ring substituents is 1. The molecule has 3 rings (SSSR count). The molecule has 8 heteroatoms. The highest BCUT2D eigenvalue weighted by molar-refractivity contribution is 5.85. The van der Waals surface area contributed by atoms with Gasteiger partial charge in [0.2, 0.25) is 5.95 Å². The molecule has 1 aliphatic rings. The van der Waals surface area contributed by atoms with Crippen molar-refractivity contribution < 1.29 is 4.92 Å². The SMILES string of the molecule is Cl.O=[N+]([O-])c1ccc2nc(NCC3CCCNC3)[nH]c2c1. The Hall–Kier alpha value is -1.86. The van der Waals surface area contributed by atoms with Crippen molar-refractivity contribution in [1.29, 1.82) is 0 Å². The lowest BCUT2D eigenvalue weighted by Crippen LogP contribution is -2.33. The molecular weight excluding hydrogens is 294 g/mol. The van der Waals surface area contributed by atoms with Crippen molar-refractivity contribution in [3.8, 4) is 0 Å². The van der Waals surface area contributed by atoms with Crippen molar-refractivity contribution in [3.05, 3.63) is 28.3 Å². The number of hydrogen-bond donors (Lipinski definition) is 3. The van der Waals surface area contributed by atoms with Gasteiger partial charge in [-0.1, -0.05) is 0 Å². The van der Waals surface area contributed by atoms with Crippen LogP contribution in [0.1, 0.15) is 12.8 Å². The number of imidazole rings is 1. The van der Waals surface area contributed by atoms with Crippen molar-refractivity contribution in [2.24, 2.45) is 5.92 Å². The number of anilines is 1. The Labute approximate surface area is 128 Å². The van der Waals surface area contributed by atoms with Gasteiger partial charge >= 0.3 is 0 Å². The van der Waals surface area contributed by atoms with E-state index in [2.05, 4.69) is 20.6 Å². The predicted molar refractivity (Wildman–Crippen MR) is 84.1 cm³/mol. The number of aromatic amines is 1. The van der Waals surface area contributed by atoms with E-state index < -0.39 is 4.92 Å². The Balaban J connectivity index is 0.00000161. The lowest BCUT2D eigenvalue weighted by Gasteiger charge is -2.22. The molecule has 2 aromatic rings. The van der Waals surface area contributed by atoms with Crippen LogP contribution in [0.3, 0.4) is 0 Å². The fourth-order valence-corrected chi connectivity index (χ4v) is 2.53. The van der Waals surface area contributed by atoms with Crippen LogP contribution in [0.5, 0.6) is 0 Å². The van der Waals surface area contributed by atoms with E-state index in [0.29, 0.717) is 17.4 Å². The van der Waals surface area contributed by atoms with E-state index in [0.717, 1.165) is 25.2 Å². The fourth-order valence-electron chi connectivity index (χ4n) is 2.53. The summed E-state index contributed by atoms with van der Waals surface area (Å²) in [6.07, 6.45) is 2.42. The second-order valence-corrected chi connectivity index (χ2v) is 5.14. The first-order valence-electron chi connectivity index (χ1n) is 6.81. The van der Waals surface area contributed by atoms with Crippen molar-refractivity contribution >= 4 is 35.1 Å². The van der Waals surface area contributed by atoms with Gasteiger partial charge in [0.15, 0.2) is 0 Å². The van der Waals surface area contributed by atoms with Gasteiger partial charge in [-0.25, -0.2) is 4.98 Å². The summed E-state index contributed by atoms with van der Waals surface area (Å²) in [5.74, 6) is 1.28. The number of nitro groups is 1. The second kappa shape index (κ2) is 6.73. The van der Waals surface area contributed by atoms with Gasteiger partial charge in [0, 0.05) is 18.7 Å². The molecule has 1 unspecified atom stereocenters. The highest BCUT2D eigenvalue weighted by atomic mass is 35.5. The highest BCUT2D eigenvalue weighted by Crippen LogP contribution is 2.20. The summed E-state index contributed by atoms with van der Waals surface area (Å²) in [4.78, 5) is 17.8. The van der Waals surface area contributed by atoms with Gasteiger partial charge in [-0.2, -0.15) is 0 Å². The maximum absolute atomic E-state index is 10.7.